The Balaban J connectivity index is 2.82. The van der Waals surface area contributed by atoms with E-state index >= 15 is 0 Å². The molecule has 0 bridgehead atoms. The van der Waals surface area contributed by atoms with Gasteiger partial charge in [-0.2, -0.15) is 0 Å². The number of carbonyl (C=O) groups is 1. The minimum absolute atomic E-state index is 0.410. The summed E-state index contributed by atoms with van der Waals surface area (Å²) in [5.74, 6) is 0. The van der Waals surface area contributed by atoms with Crippen LogP contribution in [0.3, 0.4) is 0 Å². The lowest BCUT2D eigenvalue weighted by Gasteiger charge is -1.98. The fourth-order valence-corrected chi connectivity index (χ4v) is 0.129. The summed E-state index contributed by atoms with van der Waals surface area (Å²) in [6.07, 6.45) is -0.918. The Morgan fingerprint density at radius 2 is 2.50 bits per heavy atom. The lowest BCUT2D eigenvalue weighted by molar-refractivity contribution is -0.124. The van der Waals surface area contributed by atoms with Crippen molar-refractivity contribution >= 4 is 6.09 Å². The summed E-state index contributed by atoms with van der Waals surface area (Å²) in [4.78, 5) is 18.1. The maximum absolute atomic E-state index is 9.73. The molecule has 0 fully saturated rings. The molecule has 5 heteroatoms. The Morgan fingerprint density at radius 3 is 2.88 bits per heavy atom. The molecule has 0 saturated heterocycles. The molecule has 0 aromatic carbocycles. The second kappa shape index (κ2) is 4.35. The average Bonchev–Trinajstić information content (AvgIpc) is 1.66. The Bertz CT molecular complexity index is 74.9. The molecule has 0 atom stereocenters. The van der Waals surface area contributed by atoms with Crippen molar-refractivity contribution in [2.75, 3.05) is 6.61 Å². The van der Waals surface area contributed by atoms with E-state index in [-0.39, 0.29) is 0 Å². The molecular formula is C3H8N2O3. The second-order valence-corrected chi connectivity index (χ2v) is 0.937. The first-order valence-corrected chi connectivity index (χ1v) is 2.10. The zero-order chi connectivity index (χ0) is 6.41. The van der Waals surface area contributed by atoms with Crippen LogP contribution >= 0.6 is 0 Å². The maximum atomic E-state index is 9.73. The van der Waals surface area contributed by atoms with Crippen molar-refractivity contribution in [2.24, 2.45) is 5.73 Å². The van der Waals surface area contributed by atoms with Gasteiger partial charge in [0.2, 0.25) is 0 Å². The molecule has 0 unspecified atom stereocenters. The third kappa shape index (κ3) is 5.19. The van der Waals surface area contributed by atoms with Crippen LogP contribution in [0.1, 0.15) is 6.92 Å². The highest BCUT2D eigenvalue weighted by Gasteiger charge is 1.87. The molecule has 0 saturated carbocycles. The van der Waals surface area contributed by atoms with E-state index in [4.69, 9.17) is 0 Å². The van der Waals surface area contributed by atoms with Crippen LogP contribution in [0.15, 0.2) is 0 Å². The second-order valence-electron chi connectivity index (χ2n) is 0.937. The molecule has 0 heterocycles. The van der Waals surface area contributed by atoms with Gasteiger partial charge in [-0.15, -0.1) is 0 Å². The zero-order valence-corrected chi connectivity index (χ0v) is 4.51. The predicted molar refractivity (Wildman–Crippen MR) is 25.4 cm³/mol. The van der Waals surface area contributed by atoms with E-state index < -0.39 is 6.09 Å². The summed E-state index contributed by atoms with van der Waals surface area (Å²) in [6.45, 7) is 2.14. The van der Waals surface area contributed by atoms with Crippen LogP contribution < -0.4 is 11.4 Å². The molecule has 0 radical (unpaired) electrons. The number of amides is 1. The van der Waals surface area contributed by atoms with Gasteiger partial charge in [0.05, 0.1) is 6.61 Å². The largest absolute Gasteiger partial charge is 0.425 e. The zero-order valence-electron chi connectivity index (χ0n) is 4.51. The molecule has 0 spiro atoms. The van der Waals surface area contributed by atoms with Crippen molar-refractivity contribution < 1.29 is 14.5 Å². The molecule has 1 amide bonds. The van der Waals surface area contributed by atoms with E-state index in [9.17, 15) is 4.79 Å². The van der Waals surface area contributed by atoms with Crippen LogP contribution in [0.25, 0.3) is 0 Å². The van der Waals surface area contributed by atoms with Crippen molar-refractivity contribution in [3.63, 3.8) is 0 Å². The number of rotatable bonds is 3. The van der Waals surface area contributed by atoms with Gasteiger partial charge in [-0.1, -0.05) is 0 Å². The summed E-state index contributed by atoms with van der Waals surface area (Å²) in [5.41, 5.74) is 6.39. The third-order valence-electron chi connectivity index (χ3n) is 0.346. The summed E-state index contributed by atoms with van der Waals surface area (Å²) in [7, 11) is 0. The van der Waals surface area contributed by atoms with Crippen LogP contribution in [-0.4, -0.2) is 12.7 Å². The van der Waals surface area contributed by atoms with E-state index in [1.165, 1.54) is 0 Å². The minimum Gasteiger partial charge on any atom is -0.333 e. The number of hydrogen-bond donors (Lipinski definition) is 2. The fourth-order valence-electron chi connectivity index (χ4n) is 0.129. The minimum atomic E-state index is -0.918. The van der Waals surface area contributed by atoms with Crippen molar-refractivity contribution in [3.05, 3.63) is 0 Å². The molecule has 0 aliphatic rings. The number of nitrogens with two attached hydrogens (primary N) is 1. The molecule has 5 nitrogen and oxygen atoms in total. The Hall–Kier alpha value is -0.810. The fraction of sp³-hybridized carbons (Fsp3) is 0.667. The summed E-state index contributed by atoms with van der Waals surface area (Å²) in [6, 6.07) is 0. The van der Waals surface area contributed by atoms with Crippen molar-refractivity contribution in [1.29, 1.82) is 0 Å². The molecule has 8 heavy (non-hydrogen) atoms. The standard InChI is InChI=1S/C3H8N2O3/c1-2-7-5-8-3(4)6/h5H,2H2,1H3,(H2,4,6). The quantitative estimate of drug-likeness (QED) is 0.390. The summed E-state index contributed by atoms with van der Waals surface area (Å²) in [5, 5.41) is 0. The van der Waals surface area contributed by atoms with Gasteiger partial charge >= 0.3 is 6.09 Å². The van der Waals surface area contributed by atoms with Gasteiger partial charge < -0.3 is 10.6 Å². The van der Waals surface area contributed by atoms with Crippen molar-refractivity contribution in [1.82, 2.24) is 5.64 Å². The van der Waals surface area contributed by atoms with Crippen LogP contribution in [-0.2, 0) is 9.68 Å². The van der Waals surface area contributed by atoms with Crippen LogP contribution in [0.4, 0.5) is 4.79 Å². The van der Waals surface area contributed by atoms with E-state index in [1.807, 2.05) is 5.64 Å². The number of primary amides is 1. The molecule has 0 aromatic heterocycles. The first-order chi connectivity index (χ1) is 3.77. The third-order valence-corrected chi connectivity index (χ3v) is 0.346. The lowest BCUT2D eigenvalue weighted by Crippen LogP contribution is -2.24. The molecule has 0 rings (SSSR count). The highest BCUT2D eigenvalue weighted by atomic mass is 16.9. The van der Waals surface area contributed by atoms with Gasteiger partial charge in [0.1, 0.15) is 0 Å². The average molecular weight is 120 g/mol. The smallest absolute Gasteiger partial charge is 0.333 e. The molecule has 0 aromatic rings. The van der Waals surface area contributed by atoms with Gasteiger partial charge in [0.25, 0.3) is 0 Å². The van der Waals surface area contributed by atoms with Crippen molar-refractivity contribution in [2.45, 2.75) is 6.92 Å². The predicted octanol–water partition coefficient (Wildman–Crippen LogP) is -0.462. The topological polar surface area (TPSA) is 73.6 Å². The number of nitrogens with one attached hydrogen (secondary N) is 1. The summed E-state index contributed by atoms with van der Waals surface area (Å²) < 4.78 is 0. The van der Waals surface area contributed by atoms with E-state index in [0.717, 1.165) is 0 Å². The normalized spacial score (nSPS) is 8.62. The van der Waals surface area contributed by atoms with Gasteiger partial charge in [-0.05, 0) is 12.6 Å². The van der Waals surface area contributed by atoms with Gasteiger partial charge in [0.15, 0.2) is 0 Å². The highest BCUT2D eigenvalue weighted by molar-refractivity contribution is 5.64. The molecule has 0 aliphatic heterocycles. The first-order valence-electron chi connectivity index (χ1n) is 2.10. The Morgan fingerprint density at radius 1 is 1.88 bits per heavy atom. The lowest BCUT2D eigenvalue weighted by atomic mass is 10.9. The SMILES string of the molecule is CCONOC(N)=O. The van der Waals surface area contributed by atoms with Crippen LogP contribution in [0, 0.1) is 0 Å². The van der Waals surface area contributed by atoms with E-state index in [1.54, 1.807) is 6.92 Å². The van der Waals surface area contributed by atoms with Gasteiger partial charge in [-0.3, -0.25) is 4.84 Å². The Kier molecular flexibility index (Phi) is 3.91. The molecule has 3 N–H and O–H groups in total. The van der Waals surface area contributed by atoms with Gasteiger partial charge in [-0.25, -0.2) is 4.79 Å². The monoisotopic (exact) mass is 120 g/mol. The Labute approximate surface area is 46.7 Å². The summed E-state index contributed by atoms with van der Waals surface area (Å²) >= 11 is 0. The van der Waals surface area contributed by atoms with Gasteiger partial charge in [0, 0.05) is 0 Å². The highest BCUT2D eigenvalue weighted by Crippen LogP contribution is 1.65. The van der Waals surface area contributed by atoms with Crippen LogP contribution in [0.5, 0.6) is 0 Å². The van der Waals surface area contributed by atoms with E-state index in [0.29, 0.717) is 6.61 Å². The van der Waals surface area contributed by atoms with Crippen molar-refractivity contribution in [3.8, 4) is 0 Å². The molecule has 0 aliphatic carbocycles. The molecule has 48 valence electrons. The number of carbonyl (C=O) groups excluding carboxylic acids is 1. The first kappa shape index (κ1) is 7.19. The number of hydrogen-bond acceptors (Lipinski definition) is 4. The van der Waals surface area contributed by atoms with Crippen LogP contribution in [0.2, 0.25) is 0 Å². The molecular weight excluding hydrogens is 112 g/mol. The van der Waals surface area contributed by atoms with E-state index in [2.05, 4.69) is 15.4 Å². The maximum Gasteiger partial charge on any atom is 0.425 e.